The van der Waals surface area contributed by atoms with E-state index in [9.17, 15) is 4.79 Å². The Bertz CT molecular complexity index is 627. The maximum Gasteiger partial charge on any atom is 0.227 e. The van der Waals surface area contributed by atoms with E-state index in [1.807, 2.05) is 24.3 Å². The van der Waals surface area contributed by atoms with Gasteiger partial charge in [-0.2, -0.15) is 4.98 Å². The van der Waals surface area contributed by atoms with Crippen molar-refractivity contribution >= 4 is 5.91 Å². The van der Waals surface area contributed by atoms with Crippen molar-refractivity contribution in [1.82, 2.24) is 15.5 Å². The molecule has 124 valence electrons. The average molecular weight is 319 g/mol. The van der Waals surface area contributed by atoms with Crippen LogP contribution in [-0.4, -0.2) is 43.4 Å². The molecule has 1 aromatic heterocycles. The molecule has 7 heteroatoms. The number of nitrogens with one attached hydrogen (secondary N) is 1. The van der Waals surface area contributed by atoms with Gasteiger partial charge in [0.15, 0.2) is 0 Å². The summed E-state index contributed by atoms with van der Waals surface area (Å²) < 4.78 is 15.4. The second-order valence-electron chi connectivity index (χ2n) is 4.91. The van der Waals surface area contributed by atoms with Gasteiger partial charge in [0, 0.05) is 33.1 Å². The van der Waals surface area contributed by atoms with Crippen LogP contribution < -0.4 is 10.1 Å². The first-order chi connectivity index (χ1) is 11.2. The zero-order valence-electron chi connectivity index (χ0n) is 13.4. The van der Waals surface area contributed by atoms with Crippen LogP contribution in [0.4, 0.5) is 0 Å². The van der Waals surface area contributed by atoms with Gasteiger partial charge in [-0.3, -0.25) is 4.79 Å². The number of carbonyl (C=O) groups excluding carboxylic acids is 1. The van der Waals surface area contributed by atoms with Crippen LogP contribution in [-0.2, 0) is 16.0 Å². The van der Waals surface area contributed by atoms with E-state index in [1.54, 1.807) is 14.2 Å². The first-order valence-electron chi connectivity index (χ1n) is 7.46. The lowest BCUT2D eigenvalue weighted by Crippen LogP contribution is -2.25. The summed E-state index contributed by atoms with van der Waals surface area (Å²) in [4.78, 5) is 16.0. The molecule has 1 heterocycles. The van der Waals surface area contributed by atoms with E-state index >= 15 is 0 Å². The van der Waals surface area contributed by atoms with Crippen molar-refractivity contribution in [2.45, 2.75) is 19.3 Å². The molecule has 23 heavy (non-hydrogen) atoms. The van der Waals surface area contributed by atoms with Crippen molar-refractivity contribution in [2.24, 2.45) is 0 Å². The van der Waals surface area contributed by atoms with Gasteiger partial charge in [-0.05, 0) is 18.6 Å². The second kappa shape index (κ2) is 8.89. The van der Waals surface area contributed by atoms with E-state index in [4.69, 9.17) is 14.0 Å². The number of benzene rings is 1. The highest BCUT2D eigenvalue weighted by Crippen LogP contribution is 2.27. The fraction of sp³-hybridized carbons (Fsp3) is 0.438. The summed E-state index contributed by atoms with van der Waals surface area (Å²) in [6.45, 7) is 1.23. The van der Waals surface area contributed by atoms with E-state index in [0.717, 1.165) is 12.0 Å². The number of carbonyl (C=O) groups is 1. The Labute approximate surface area is 135 Å². The first kappa shape index (κ1) is 17.0. The van der Waals surface area contributed by atoms with Crippen molar-refractivity contribution in [3.05, 3.63) is 30.2 Å². The topological polar surface area (TPSA) is 86.5 Å². The molecule has 1 amide bonds. The Hall–Kier alpha value is -2.41. The van der Waals surface area contributed by atoms with Gasteiger partial charge < -0.3 is 19.3 Å². The number of aryl methyl sites for hydroxylation is 1. The molecule has 0 aliphatic rings. The Kier molecular flexibility index (Phi) is 6.56. The van der Waals surface area contributed by atoms with Crippen LogP contribution in [0, 0.1) is 0 Å². The number of nitrogens with zero attached hydrogens (tertiary/aromatic N) is 2. The van der Waals surface area contributed by atoms with Crippen molar-refractivity contribution in [2.75, 3.05) is 27.4 Å². The largest absolute Gasteiger partial charge is 0.496 e. The molecule has 0 saturated carbocycles. The summed E-state index contributed by atoms with van der Waals surface area (Å²) in [5.41, 5.74) is 0.758. The van der Waals surface area contributed by atoms with Crippen LogP contribution in [0.25, 0.3) is 11.4 Å². The third kappa shape index (κ3) is 5.07. The average Bonchev–Trinajstić information content (AvgIpc) is 3.05. The maximum absolute atomic E-state index is 11.7. The Morgan fingerprint density at radius 2 is 2.13 bits per heavy atom. The van der Waals surface area contributed by atoms with E-state index in [2.05, 4.69) is 15.5 Å². The fourth-order valence-electron chi connectivity index (χ4n) is 2.05. The van der Waals surface area contributed by atoms with Gasteiger partial charge in [-0.1, -0.05) is 17.3 Å². The van der Waals surface area contributed by atoms with Crippen LogP contribution in [0.3, 0.4) is 0 Å². The molecule has 0 aliphatic carbocycles. The number of methoxy groups -OCH3 is 2. The molecule has 0 atom stereocenters. The van der Waals surface area contributed by atoms with Crippen LogP contribution in [0.2, 0.25) is 0 Å². The lowest BCUT2D eigenvalue weighted by molar-refractivity contribution is -0.121. The Morgan fingerprint density at radius 1 is 1.30 bits per heavy atom. The summed E-state index contributed by atoms with van der Waals surface area (Å²) in [7, 11) is 3.23. The standard InChI is InChI=1S/C16H21N3O4/c1-21-11-5-10-17-14(20)8-9-15-18-16(19-23-15)12-6-3-4-7-13(12)22-2/h3-4,6-7H,5,8-11H2,1-2H3,(H,17,20). The highest BCUT2D eigenvalue weighted by atomic mass is 16.5. The number of ether oxygens (including phenoxy) is 2. The van der Waals surface area contributed by atoms with Crippen molar-refractivity contribution in [1.29, 1.82) is 0 Å². The van der Waals surface area contributed by atoms with Crippen molar-refractivity contribution < 1.29 is 18.8 Å². The normalized spacial score (nSPS) is 10.5. The highest BCUT2D eigenvalue weighted by molar-refractivity contribution is 5.76. The quantitative estimate of drug-likeness (QED) is 0.710. The van der Waals surface area contributed by atoms with Crippen LogP contribution >= 0.6 is 0 Å². The van der Waals surface area contributed by atoms with Crippen molar-refractivity contribution in [3.8, 4) is 17.1 Å². The summed E-state index contributed by atoms with van der Waals surface area (Å²) >= 11 is 0. The van der Waals surface area contributed by atoms with E-state index in [1.165, 1.54) is 0 Å². The third-order valence-corrected chi connectivity index (χ3v) is 3.23. The molecular weight excluding hydrogens is 298 g/mol. The van der Waals surface area contributed by atoms with E-state index in [-0.39, 0.29) is 5.91 Å². The summed E-state index contributed by atoms with van der Waals surface area (Å²) in [6, 6.07) is 7.44. The molecule has 7 nitrogen and oxygen atoms in total. The molecule has 2 aromatic rings. The van der Waals surface area contributed by atoms with Gasteiger partial charge in [0.2, 0.25) is 17.6 Å². The predicted molar refractivity (Wildman–Crippen MR) is 84.1 cm³/mol. The monoisotopic (exact) mass is 319 g/mol. The van der Waals surface area contributed by atoms with E-state index < -0.39 is 0 Å². The molecule has 0 unspecified atom stereocenters. The maximum atomic E-state index is 11.7. The van der Waals surface area contributed by atoms with Crippen LogP contribution in [0.15, 0.2) is 28.8 Å². The molecule has 1 aromatic carbocycles. The summed E-state index contributed by atoms with van der Waals surface area (Å²) in [5, 5.41) is 6.76. The minimum absolute atomic E-state index is 0.0434. The van der Waals surface area contributed by atoms with Gasteiger partial charge in [0.1, 0.15) is 5.75 Å². The number of hydrogen-bond acceptors (Lipinski definition) is 6. The summed E-state index contributed by atoms with van der Waals surface area (Å²) in [5.74, 6) is 1.52. The first-order valence-corrected chi connectivity index (χ1v) is 7.46. The SMILES string of the molecule is COCCCNC(=O)CCc1nc(-c2ccccc2OC)no1. The molecule has 0 aliphatic heterocycles. The number of rotatable bonds is 9. The minimum atomic E-state index is -0.0434. The molecular formula is C16H21N3O4. The lowest BCUT2D eigenvalue weighted by Gasteiger charge is -2.03. The van der Waals surface area contributed by atoms with Gasteiger partial charge >= 0.3 is 0 Å². The molecule has 0 fully saturated rings. The van der Waals surface area contributed by atoms with Crippen molar-refractivity contribution in [3.63, 3.8) is 0 Å². The van der Waals surface area contributed by atoms with Gasteiger partial charge in [-0.25, -0.2) is 0 Å². The van der Waals surface area contributed by atoms with Gasteiger partial charge in [-0.15, -0.1) is 0 Å². The van der Waals surface area contributed by atoms with Gasteiger partial charge in [0.25, 0.3) is 0 Å². The smallest absolute Gasteiger partial charge is 0.227 e. The number of aromatic nitrogens is 2. The molecule has 1 N–H and O–H groups in total. The molecule has 0 saturated heterocycles. The third-order valence-electron chi connectivity index (χ3n) is 3.23. The minimum Gasteiger partial charge on any atom is -0.496 e. The van der Waals surface area contributed by atoms with Crippen LogP contribution in [0.5, 0.6) is 5.75 Å². The zero-order chi connectivity index (χ0) is 16.5. The van der Waals surface area contributed by atoms with Gasteiger partial charge in [0.05, 0.1) is 12.7 Å². The zero-order valence-corrected chi connectivity index (χ0v) is 13.4. The number of para-hydroxylation sites is 1. The molecule has 0 spiro atoms. The van der Waals surface area contributed by atoms with E-state index in [0.29, 0.717) is 43.5 Å². The number of amides is 1. The molecule has 2 rings (SSSR count). The second-order valence-corrected chi connectivity index (χ2v) is 4.91. The summed E-state index contributed by atoms with van der Waals surface area (Å²) in [6.07, 6.45) is 1.50. The number of hydrogen-bond donors (Lipinski definition) is 1. The Morgan fingerprint density at radius 3 is 2.91 bits per heavy atom. The Balaban J connectivity index is 1.86. The lowest BCUT2D eigenvalue weighted by atomic mass is 10.2. The molecule has 0 bridgehead atoms. The van der Waals surface area contributed by atoms with Crippen LogP contribution in [0.1, 0.15) is 18.7 Å². The predicted octanol–water partition coefficient (Wildman–Crippen LogP) is 1.83. The fourth-order valence-corrected chi connectivity index (χ4v) is 2.05. The highest BCUT2D eigenvalue weighted by Gasteiger charge is 2.13. The molecule has 0 radical (unpaired) electrons.